The SMILES string of the molecule is CC1=CC2C(C=C1)Cc1ccc(F)cc1P2(=O)c1ccc([P+](=O)c2ccc(P3(=O)c4cc(F)ccc4Oc4ccc(F)cc43)cc2)cc1. The Balaban J connectivity index is 1.14. The predicted molar refractivity (Wildman–Crippen MR) is 186 cm³/mol. The fourth-order valence-electron chi connectivity index (χ4n) is 7.07. The van der Waals surface area contributed by atoms with Crippen LogP contribution in [0.15, 0.2) is 127 Å². The topological polar surface area (TPSA) is 60.4 Å². The molecule has 5 aromatic carbocycles. The third-order valence-corrected chi connectivity index (χ3v) is 17.6. The van der Waals surface area contributed by atoms with Crippen LogP contribution in [0.5, 0.6) is 11.5 Å². The van der Waals surface area contributed by atoms with Crippen LogP contribution in [0.2, 0.25) is 0 Å². The van der Waals surface area contributed by atoms with E-state index >= 15 is 4.57 Å². The molecule has 0 fully saturated rings. The molecule has 8 rings (SSSR count). The number of allylic oxidation sites excluding steroid dienone is 4. The minimum Gasteiger partial charge on any atom is -0.456 e. The molecule has 238 valence electrons. The number of benzene rings is 5. The van der Waals surface area contributed by atoms with Gasteiger partial charge in [0.2, 0.25) is 0 Å². The number of hydrogen-bond donors (Lipinski definition) is 0. The monoisotopic (exact) mass is 697 g/mol. The molecule has 0 saturated heterocycles. The first kappa shape index (κ1) is 31.0. The van der Waals surface area contributed by atoms with Crippen LogP contribution in [0.25, 0.3) is 0 Å². The molecule has 10 heteroatoms. The Morgan fingerprint density at radius 2 is 1.21 bits per heavy atom. The lowest BCUT2D eigenvalue weighted by Gasteiger charge is -2.39. The second-order valence-corrected chi connectivity index (χ2v) is 19.6. The van der Waals surface area contributed by atoms with Gasteiger partial charge in [-0.05, 0) is 122 Å². The minimum absolute atomic E-state index is 0.0158. The highest BCUT2D eigenvalue weighted by Crippen LogP contribution is 2.57. The van der Waals surface area contributed by atoms with Crippen molar-refractivity contribution in [2.75, 3.05) is 0 Å². The zero-order valence-electron chi connectivity index (χ0n) is 25.5. The van der Waals surface area contributed by atoms with E-state index < -0.39 is 39.5 Å². The van der Waals surface area contributed by atoms with Gasteiger partial charge in [0.15, 0.2) is 24.9 Å². The normalized spacial score (nSPS) is 21.9. The van der Waals surface area contributed by atoms with Gasteiger partial charge in [-0.1, -0.05) is 34.4 Å². The highest BCUT2D eigenvalue weighted by atomic mass is 31.2. The molecule has 0 bridgehead atoms. The third kappa shape index (κ3) is 4.83. The van der Waals surface area contributed by atoms with Crippen LogP contribution in [-0.4, -0.2) is 5.66 Å². The Morgan fingerprint density at radius 3 is 1.79 bits per heavy atom. The number of rotatable bonds is 4. The average molecular weight is 698 g/mol. The number of fused-ring (bicyclic) bond motifs is 4. The van der Waals surface area contributed by atoms with E-state index in [0.717, 1.165) is 23.3 Å². The minimum atomic E-state index is -3.77. The Kier molecular flexibility index (Phi) is 7.38. The quantitative estimate of drug-likeness (QED) is 0.186. The van der Waals surface area contributed by atoms with Crippen LogP contribution in [0, 0.1) is 23.4 Å². The van der Waals surface area contributed by atoms with E-state index in [4.69, 9.17) is 4.74 Å². The first-order chi connectivity index (χ1) is 23.0. The van der Waals surface area contributed by atoms with Gasteiger partial charge in [-0.3, -0.25) is 0 Å². The van der Waals surface area contributed by atoms with E-state index in [1.54, 1.807) is 54.6 Å². The molecule has 0 amide bonds. The maximum atomic E-state index is 15.1. The van der Waals surface area contributed by atoms with Crippen molar-refractivity contribution < 1.29 is 31.6 Å². The summed E-state index contributed by atoms with van der Waals surface area (Å²) in [4.78, 5) is 0. The molecular weight excluding hydrogens is 670 g/mol. The van der Waals surface area contributed by atoms with E-state index in [9.17, 15) is 22.3 Å². The van der Waals surface area contributed by atoms with Gasteiger partial charge in [0.25, 0.3) is 0 Å². The fraction of sp³-hybridized carbons (Fsp3) is 0.105. The standard InChI is InChI=1S/C38H27F3O4P3/c1-23-2-3-24-19-25-4-5-26(39)20-36(25)47(43,35(24)18-23)31-12-8-29(9-13-31)46(42)30-10-14-32(15-11-30)48(44)37-21-27(40)6-16-33(37)45-34-17-7-28(41)22-38(34)48/h2-18,20-22,24,35H,19H2,1H3/q+1. The first-order valence-electron chi connectivity index (χ1n) is 15.4. The molecule has 0 spiro atoms. The summed E-state index contributed by atoms with van der Waals surface area (Å²) in [6.07, 6.45) is 6.82. The molecule has 48 heavy (non-hydrogen) atoms. The van der Waals surface area contributed by atoms with Crippen LogP contribution >= 0.6 is 22.1 Å². The third-order valence-electron chi connectivity index (χ3n) is 9.42. The maximum Gasteiger partial charge on any atom is 0.415 e. The molecule has 4 atom stereocenters. The molecular formula is C38H27F3O4P3+. The highest BCUT2D eigenvalue weighted by molar-refractivity contribution is 7.85. The second kappa shape index (κ2) is 11.4. The summed E-state index contributed by atoms with van der Waals surface area (Å²) >= 11 is 0. The smallest absolute Gasteiger partial charge is 0.415 e. The lowest BCUT2D eigenvalue weighted by atomic mass is 9.90. The second-order valence-electron chi connectivity index (χ2n) is 12.3. The summed E-state index contributed by atoms with van der Waals surface area (Å²) in [6.45, 7) is 1.96. The van der Waals surface area contributed by atoms with Crippen LogP contribution in [-0.2, 0) is 20.1 Å². The molecule has 2 aliphatic heterocycles. The summed E-state index contributed by atoms with van der Waals surface area (Å²) in [6, 6.07) is 25.2. The first-order valence-corrected chi connectivity index (χ1v) is 20.1. The Labute approximate surface area is 276 Å². The van der Waals surface area contributed by atoms with Crippen LogP contribution < -0.4 is 41.9 Å². The van der Waals surface area contributed by atoms with Crippen LogP contribution in [0.1, 0.15) is 12.5 Å². The molecule has 0 radical (unpaired) electrons. The van der Waals surface area contributed by atoms with Crippen molar-refractivity contribution in [3.63, 3.8) is 0 Å². The van der Waals surface area contributed by atoms with Crippen molar-refractivity contribution in [1.29, 1.82) is 0 Å². The van der Waals surface area contributed by atoms with Gasteiger partial charge in [-0.25, -0.2) is 13.2 Å². The molecule has 0 saturated carbocycles. The van der Waals surface area contributed by atoms with Gasteiger partial charge < -0.3 is 13.9 Å². The van der Waals surface area contributed by atoms with E-state index in [-0.39, 0.29) is 33.7 Å². The van der Waals surface area contributed by atoms with Crippen molar-refractivity contribution in [2.45, 2.75) is 19.0 Å². The van der Waals surface area contributed by atoms with Crippen LogP contribution in [0.3, 0.4) is 0 Å². The summed E-state index contributed by atoms with van der Waals surface area (Å²) in [7, 11) is -9.20. The van der Waals surface area contributed by atoms with E-state index in [2.05, 4.69) is 6.08 Å². The summed E-state index contributed by atoms with van der Waals surface area (Å²) in [5.74, 6) is -1.19. The van der Waals surface area contributed by atoms with Gasteiger partial charge in [-0.2, -0.15) is 0 Å². The zero-order valence-corrected chi connectivity index (χ0v) is 28.2. The summed E-state index contributed by atoms with van der Waals surface area (Å²) in [5, 5.41) is 2.60. The molecule has 4 unspecified atom stereocenters. The van der Waals surface area contributed by atoms with Gasteiger partial charge in [-0.15, -0.1) is 0 Å². The van der Waals surface area contributed by atoms with Crippen molar-refractivity contribution in [3.05, 3.63) is 150 Å². The molecule has 2 heterocycles. The molecule has 5 aromatic rings. The van der Waals surface area contributed by atoms with E-state index in [0.29, 0.717) is 32.9 Å². The van der Waals surface area contributed by atoms with Crippen LogP contribution in [0.4, 0.5) is 13.2 Å². The Hall–Kier alpha value is -4.27. The Bertz CT molecular complexity index is 2280. The maximum absolute atomic E-state index is 15.1. The molecule has 0 N–H and O–H groups in total. The van der Waals surface area contributed by atoms with Crippen molar-refractivity contribution >= 4 is 59.2 Å². The van der Waals surface area contributed by atoms with E-state index in [1.807, 2.05) is 19.1 Å². The summed E-state index contributed by atoms with van der Waals surface area (Å²) in [5.41, 5.74) is 1.56. The van der Waals surface area contributed by atoms with Crippen molar-refractivity contribution in [3.8, 4) is 11.5 Å². The predicted octanol–water partition coefficient (Wildman–Crippen LogP) is 7.00. The number of hydrogen-bond acceptors (Lipinski definition) is 4. The lowest BCUT2D eigenvalue weighted by molar-refractivity contribution is 0.481. The number of halogens is 3. The van der Waals surface area contributed by atoms with Crippen molar-refractivity contribution in [1.82, 2.24) is 0 Å². The number of ether oxygens (including phenoxy) is 1. The van der Waals surface area contributed by atoms with Gasteiger partial charge in [0, 0.05) is 21.6 Å². The fourth-order valence-corrected chi connectivity index (χ4v) is 14.7. The molecule has 3 aliphatic rings. The molecule has 1 aliphatic carbocycles. The van der Waals surface area contributed by atoms with E-state index in [1.165, 1.54) is 36.4 Å². The summed E-state index contributed by atoms with van der Waals surface area (Å²) < 4.78 is 92.9. The van der Waals surface area contributed by atoms with Gasteiger partial charge in [0.1, 0.15) is 29.0 Å². The highest BCUT2D eigenvalue weighted by Gasteiger charge is 2.46. The van der Waals surface area contributed by atoms with Gasteiger partial charge >= 0.3 is 7.80 Å². The molecule has 4 nitrogen and oxygen atoms in total. The lowest BCUT2D eigenvalue weighted by Crippen LogP contribution is -2.38. The average Bonchev–Trinajstić information content (AvgIpc) is 3.09. The largest absolute Gasteiger partial charge is 0.456 e. The molecule has 0 aromatic heterocycles. The van der Waals surface area contributed by atoms with Crippen molar-refractivity contribution in [2.24, 2.45) is 5.92 Å². The Morgan fingerprint density at radius 1 is 0.688 bits per heavy atom. The van der Waals surface area contributed by atoms with Gasteiger partial charge in [0.05, 0.1) is 10.6 Å². The zero-order chi connectivity index (χ0) is 33.4.